The first-order valence-corrected chi connectivity index (χ1v) is 12.9. The Kier molecular flexibility index (Phi) is 6.79. The second-order valence-corrected chi connectivity index (χ2v) is 9.49. The Bertz CT molecular complexity index is 1350. The van der Waals surface area contributed by atoms with E-state index in [-0.39, 0.29) is 12.1 Å². The zero-order valence-electron chi connectivity index (χ0n) is 21.2. The summed E-state index contributed by atoms with van der Waals surface area (Å²) in [5.41, 5.74) is 8.12. The van der Waals surface area contributed by atoms with E-state index >= 15 is 0 Å². The van der Waals surface area contributed by atoms with Gasteiger partial charge >= 0.3 is 0 Å². The summed E-state index contributed by atoms with van der Waals surface area (Å²) in [6, 6.07) is 25.2. The molecule has 1 fully saturated rings. The van der Waals surface area contributed by atoms with Gasteiger partial charge in [-0.2, -0.15) is 0 Å². The molecule has 184 valence electrons. The number of pyridine rings is 1. The molecule has 2 aromatic carbocycles. The zero-order valence-corrected chi connectivity index (χ0v) is 22.0. The van der Waals surface area contributed by atoms with E-state index in [1.54, 1.807) is 0 Å². The van der Waals surface area contributed by atoms with Crippen LogP contribution in [0.4, 0.5) is 5.69 Å². The summed E-state index contributed by atoms with van der Waals surface area (Å²) in [6.45, 7) is 9.18. The third-order valence-electron chi connectivity index (χ3n) is 6.92. The predicted molar refractivity (Wildman–Crippen MR) is 150 cm³/mol. The number of hydrogen-bond donors (Lipinski definition) is 1. The molecule has 2 aromatic heterocycles. The fourth-order valence-corrected chi connectivity index (χ4v) is 5.53. The van der Waals surface area contributed by atoms with E-state index in [9.17, 15) is 0 Å². The van der Waals surface area contributed by atoms with Crippen LogP contribution in [0.5, 0.6) is 5.75 Å². The molecular formula is C30H32N4OS. The van der Waals surface area contributed by atoms with Crippen LogP contribution in [0.3, 0.4) is 0 Å². The minimum atomic E-state index is -0.0818. The predicted octanol–water partition coefficient (Wildman–Crippen LogP) is 6.63. The van der Waals surface area contributed by atoms with E-state index in [1.165, 1.54) is 28.2 Å². The number of nitrogens with one attached hydrogen (secondary N) is 1. The van der Waals surface area contributed by atoms with Gasteiger partial charge in [-0.25, -0.2) is 0 Å². The molecule has 36 heavy (non-hydrogen) atoms. The molecule has 1 aliphatic rings. The lowest BCUT2D eigenvalue weighted by atomic mass is 9.96. The van der Waals surface area contributed by atoms with E-state index in [2.05, 4.69) is 84.1 Å². The van der Waals surface area contributed by atoms with Crippen molar-refractivity contribution in [2.75, 3.05) is 11.5 Å². The normalized spacial score (nSPS) is 17.3. The molecule has 0 amide bonds. The molecule has 5 rings (SSSR count). The van der Waals surface area contributed by atoms with Gasteiger partial charge < -0.3 is 19.5 Å². The van der Waals surface area contributed by atoms with E-state index in [0.717, 1.165) is 23.6 Å². The number of rotatable bonds is 7. The van der Waals surface area contributed by atoms with Crippen molar-refractivity contribution in [3.63, 3.8) is 0 Å². The number of thiocarbonyl (C=S) groups is 1. The van der Waals surface area contributed by atoms with Crippen LogP contribution in [0.15, 0.2) is 79.0 Å². The summed E-state index contributed by atoms with van der Waals surface area (Å²) in [4.78, 5) is 6.92. The van der Waals surface area contributed by atoms with Gasteiger partial charge in [0.25, 0.3) is 0 Å². The molecule has 1 N–H and O–H groups in total. The Morgan fingerprint density at radius 1 is 0.944 bits per heavy atom. The third-order valence-corrected chi connectivity index (χ3v) is 7.23. The average Bonchev–Trinajstić information content (AvgIpc) is 3.40. The number of aromatic nitrogens is 2. The molecule has 0 spiro atoms. The number of benzene rings is 2. The summed E-state index contributed by atoms with van der Waals surface area (Å²) in [6.07, 6.45) is 2.87. The van der Waals surface area contributed by atoms with Crippen molar-refractivity contribution in [2.24, 2.45) is 0 Å². The molecule has 0 aliphatic carbocycles. The molecule has 0 radical (unpaired) electrons. The van der Waals surface area contributed by atoms with E-state index < -0.39 is 0 Å². The topological polar surface area (TPSA) is 42.3 Å². The average molecular weight is 497 g/mol. The molecule has 0 bridgehead atoms. The second-order valence-electron chi connectivity index (χ2n) is 9.11. The summed E-state index contributed by atoms with van der Waals surface area (Å²) >= 11 is 5.91. The van der Waals surface area contributed by atoms with Crippen molar-refractivity contribution in [1.29, 1.82) is 0 Å². The van der Waals surface area contributed by atoms with Crippen LogP contribution in [0.1, 0.15) is 54.1 Å². The minimum Gasteiger partial charge on any atom is -0.494 e. The third kappa shape index (κ3) is 4.37. The smallest absolute Gasteiger partial charge is 0.174 e. The summed E-state index contributed by atoms with van der Waals surface area (Å²) < 4.78 is 8.01. The summed E-state index contributed by atoms with van der Waals surface area (Å²) in [7, 11) is 0. The Morgan fingerprint density at radius 2 is 1.67 bits per heavy atom. The van der Waals surface area contributed by atoms with Gasteiger partial charge in [-0.3, -0.25) is 4.98 Å². The quantitative estimate of drug-likeness (QED) is 0.291. The number of nitrogens with zero attached hydrogens (tertiary/aromatic N) is 3. The van der Waals surface area contributed by atoms with Crippen LogP contribution < -0.4 is 15.0 Å². The number of aryl methyl sites for hydroxylation is 2. The van der Waals surface area contributed by atoms with Crippen LogP contribution >= 0.6 is 12.2 Å². The van der Waals surface area contributed by atoms with Crippen molar-refractivity contribution < 1.29 is 4.74 Å². The molecule has 1 aliphatic heterocycles. The van der Waals surface area contributed by atoms with E-state index in [4.69, 9.17) is 21.9 Å². The van der Waals surface area contributed by atoms with Gasteiger partial charge in [0.1, 0.15) is 5.75 Å². The highest BCUT2D eigenvalue weighted by atomic mass is 32.1. The molecular weight excluding hydrogens is 464 g/mol. The maximum Gasteiger partial charge on any atom is 0.174 e. The van der Waals surface area contributed by atoms with Crippen LogP contribution in [0.25, 0.3) is 5.69 Å². The number of hydrogen-bond acceptors (Lipinski definition) is 3. The molecule has 1 saturated heterocycles. The molecule has 2 atom stereocenters. The Hall–Kier alpha value is -3.64. The van der Waals surface area contributed by atoms with Gasteiger partial charge in [0.15, 0.2) is 5.11 Å². The largest absolute Gasteiger partial charge is 0.494 e. The lowest BCUT2D eigenvalue weighted by Gasteiger charge is -2.28. The first-order valence-electron chi connectivity index (χ1n) is 12.5. The van der Waals surface area contributed by atoms with Crippen LogP contribution in [0, 0.1) is 13.8 Å². The lowest BCUT2D eigenvalue weighted by molar-refractivity contribution is 0.340. The van der Waals surface area contributed by atoms with Crippen molar-refractivity contribution in [3.8, 4) is 11.4 Å². The monoisotopic (exact) mass is 496 g/mol. The standard InChI is InChI=1S/C30H32N4OS/c1-5-22-10-12-23(13-11-22)33-20(3)19-26(21(33)4)29-28(27-9-7-8-18-31-27)32-30(36)34(29)24-14-16-25(17-15-24)35-6-2/h7-19,28-29H,5-6H2,1-4H3,(H,32,36)/t28-,29-/m0/s1. The van der Waals surface area contributed by atoms with E-state index in [1.807, 2.05) is 37.4 Å². The fraction of sp³-hybridized carbons (Fsp3) is 0.267. The molecule has 4 aromatic rings. The summed E-state index contributed by atoms with van der Waals surface area (Å²) in [5.74, 6) is 0.853. The van der Waals surface area contributed by atoms with Crippen LogP contribution in [0.2, 0.25) is 0 Å². The molecule has 6 heteroatoms. The van der Waals surface area contributed by atoms with Gasteiger partial charge in [-0.05, 0) is 105 Å². The van der Waals surface area contributed by atoms with Gasteiger partial charge in [-0.15, -0.1) is 0 Å². The first-order chi connectivity index (χ1) is 17.5. The van der Waals surface area contributed by atoms with Gasteiger partial charge in [-0.1, -0.05) is 25.1 Å². The number of anilines is 1. The second kappa shape index (κ2) is 10.2. The highest BCUT2D eigenvalue weighted by molar-refractivity contribution is 7.80. The Balaban J connectivity index is 1.62. The fourth-order valence-electron chi connectivity index (χ4n) is 5.18. The molecule has 0 saturated carbocycles. The molecule has 0 unspecified atom stereocenters. The van der Waals surface area contributed by atoms with Crippen molar-refractivity contribution in [1.82, 2.24) is 14.9 Å². The van der Waals surface area contributed by atoms with Gasteiger partial charge in [0.05, 0.1) is 24.4 Å². The molecule has 3 heterocycles. The Morgan fingerprint density at radius 3 is 2.31 bits per heavy atom. The van der Waals surface area contributed by atoms with Crippen molar-refractivity contribution in [2.45, 2.75) is 46.2 Å². The Labute approximate surface area is 218 Å². The lowest BCUT2D eigenvalue weighted by Crippen LogP contribution is -2.29. The van der Waals surface area contributed by atoms with Crippen LogP contribution in [-0.2, 0) is 6.42 Å². The first kappa shape index (κ1) is 24.1. The SMILES string of the molecule is CCOc1ccc(N2C(=S)N[C@@H](c3ccccn3)[C@@H]2c2cc(C)n(-c3ccc(CC)cc3)c2C)cc1. The van der Waals surface area contributed by atoms with Gasteiger partial charge in [0, 0.05) is 29.0 Å². The van der Waals surface area contributed by atoms with E-state index in [0.29, 0.717) is 11.7 Å². The van der Waals surface area contributed by atoms with Crippen molar-refractivity contribution >= 4 is 23.0 Å². The maximum atomic E-state index is 5.91. The van der Waals surface area contributed by atoms with Gasteiger partial charge in [0.2, 0.25) is 0 Å². The summed E-state index contributed by atoms with van der Waals surface area (Å²) in [5, 5.41) is 4.26. The van der Waals surface area contributed by atoms with Crippen LogP contribution in [-0.4, -0.2) is 21.3 Å². The highest BCUT2D eigenvalue weighted by Gasteiger charge is 2.42. The zero-order chi connectivity index (χ0) is 25.2. The number of ether oxygens (including phenoxy) is 1. The van der Waals surface area contributed by atoms with Crippen molar-refractivity contribution in [3.05, 3.63) is 107 Å². The maximum absolute atomic E-state index is 5.91. The molecule has 5 nitrogen and oxygen atoms in total. The highest BCUT2D eigenvalue weighted by Crippen LogP contribution is 2.44. The minimum absolute atomic E-state index is 0.0554.